The molecule has 0 saturated heterocycles. The van der Waals surface area contributed by atoms with Crippen LogP contribution in [-0.2, 0) is 0 Å². The molecule has 152 valence electrons. The predicted molar refractivity (Wildman–Crippen MR) is 139 cm³/mol. The molecule has 1 heterocycles. The van der Waals surface area contributed by atoms with Gasteiger partial charge in [0.2, 0.25) is 0 Å². The highest BCUT2D eigenvalue weighted by molar-refractivity contribution is 9.10. The van der Waals surface area contributed by atoms with Crippen molar-refractivity contribution in [3.8, 4) is 27.9 Å². The number of nitrogens with zero attached hydrogens (tertiary/aromatic N) is 1. The van der Waals surface area contributed by atoms with Crippen LogP contribution >= 0.6 is 15.9 Å². The molecule has 6 rings (SSSR count). The van der Waals surface area contributed by atoms with Crippen molar-refractivity contribution in [1.82, 2.24) is 4.57 Å². The van der Waals surface area contributed by atoms with Gasteiger partial charge in [0.15, 0.2) is 0 Å². The second-order valence-electron chi connectivity index (χ2n) is 7.98. The Morgan fingerprint density at radius 2 is 1.09 bits per heavy atom. The molecule has 5 aromatic carbocycles. The number of hydrogen-bond acceptors (Lipinski definition) is 0. The quantitative estimate of drug-likeness (QED) is 0.241. The summed E-state index contributed by atoms with van der Waals surface area (Å²) in [6, 6.07) is 43.2. The van der Waals surface area contributed by atoms with E-state index in [1.54, 1.807) is 0 Å². The lowest BCUT2D eigenvalue weighted by atomic mass is 10.0. The maximum absolute atomic E-state index is 3.72. The summed E-state index contributed by atoms with van der Waals surface area (Å²) >= 11 is 3.72. The van der Waals surface area contributed by atoms with Gasteiger partial charge in [0.25, 0.3) is 0 Å². The molecule has 0 radical (unpaired) electrons. The van der Waals surface area contributed by atoms with Crippen molar-refractivity contribution in [2.45, 2.75) is 0 Å². The first kappa shape index (κ1) is 19.1. The van der Waals surface area contributed by atoms with Gasteiger partial charge < -0.3 is 4.57 Å². The van der Waals surface area contributed by atoms with E-state index in [9.17, 15) is 0 Å². The number of hydrogen-bond donors (Lipinski definition) is 0. The molecular weight excluding hydrogens is 454 g/mol. The minimum atomic E-state index is 1.11. The normalized spacial score (nSPS) is 11.3. The number of aromatic nitrogens is 1. The van der Waals surface area contributed by atoms with Crippen molar-refractivity contribution in [1.29, 1.82) is 0 Å². The molecule has 0 amide bonds. The van der Waals surface area contributed by atoms with Crippen LogP contribution in [0, 0.1) is 0 Å². The van der Waals surface area contributed by atoms with E-state index in [0.717, 1.165) is 4.47 Å². The van der Waals surface area contributed by atoms with Crippen molar-refractivity contribution >= 4 is 37.7 Å². The van der Waals surface area contributed by atoms with Gasteiger partial charge in [-0.05, 0) is 52.6 Å². The fraction of sp³-hybridized carbons (Fsp3) is 0. The van der Waals surface area contributed by atoms with Gasteiger partial charge in [0.05, 0.1) is 11.0 Å². The molecule has 1 nitrogen and oxygen atoms in total. The number of rotatable bonds is 3. The molecule has 0 unspecified atom stereocenters. The van der Waals surface area contributed by atoms with Crippen LogP contribution in [0.15, 0.2) is 126 Å². The van der Waals surface area contributed by atoms with Gasteiger partial charge in [-0.3, -0.25) is 0 Å². The molecule has 0 aliphatic heterocycles. The number of para-hydroxylation sites is 1. The molecule has 1 aromatic heterocycles. The highest BCUT2D eigenvalue weighted by Gasteiger charge is 2.14. The number of fused-ring (bicyclic) bond motifs is 3. The van der Waals surface area contributed by atoms with Crippen LogP contribution in [0.1, 0.15) is 0 Å². The van der Waals surface area contributed by atoms with Gasteiger partial charge in [-0.25, -0.2) is 0 Å². The highest BCUT2D eigenvalue weighted by Crippen LogP contribution is 2.36. The summed E-state index contributed by atoms with van der Waals surface area (Å²) < 4.78 is 3.48. The van der Waals surface area contributed by atoms with Gasteiger partial charge in [0.1, 0.15) is 0 Å². The molecule has 0 atom stereocenters. The average Bonchev–Trinajstić information content (AvgIpc) is 3.19. The van der Waals surface area contributed by atoms with Crippen LogP contribution in [0.5, 0.6) is 0 Å². The van der Waals surface area contributed by atoms with Gasteiger partial charge in [0, 0.05) is 20.9 Å². The van der Waals surface area contributed by atoms with Crippen LogP contribution in [-0.4, -0.2) is 4.57 Å². The van der Waals surface area contributed by atoms with Crippen molar-refractivity contribution in [3.63, 3.8) is 0 Å². The summed E-state index contributed by atoms with van der Waals surface area (Å²) in [4.78, 5) is 0. The molecule has 0 N–H and O–H groups in total. The lowest BCUT2D eigenvalue weighted by Gasteiger charge is -2.11. The van der Waals surface area contributed by atoms with E-state index < -0.39 is 0 Å². The monoisotopic (exact) mass is 473 g/mol. The lowest BCUT2D eigenvalue weighted by Crippen LogP contribution is -1.94. The van der Waals surface area contributed by atoms with Crippen LogP contribution in [0.2, 0.25) is 0 Å². The van der Waals surface area contributed by atoms with Crippen molar-refractivity contribution in [2.24, 2.45) is 0 Å². The van der Waals surface area contributed by atoms with Crippen LogP contribution < -0.4 is 0 Å². The third-order valence-corrected chi connectivity index (χ3v) is 6.78. The highest BCUT2D eigenvalue weighted by atomic mass is 79.9. The van der Waals surface area contributed by atoms with Gasteiger partial charge in [-0.1, -0.05) is 107 Å². The fourth-order valence-electron chi connectivity index (χ4n) is 4.55. The zero-order valence-corrected chi connectivity index (χ0v) is 19.0. The zero-order chi connectivity index (χ0) is 21.5. The van der Waals surface area contributed by atoms with Crippen LogP contribution in [0.25, 0.3) is 49.7 Å². The Kier molecular flexibility index (Phi) is 4.66. The lowest BCUT2D eigenvalue weighted by molar-refractivity contribution is 1.18. The Morgan fingerprint density at radius 1 is 0.469 bits per heavy atom. The van der Waals surface area contributed by atoms with Crippen LogP contribution in [0.3, 0.4) is 0 Å². The van der Waals surface area contributed by atoms with Crippen molar-refractivity contribution in [3.05, 3.63) is 126 Å². The molecular formula is C30H20BrN. The Morgan fingerprint density at radius 3 is 1.91 bits per heavy atom. The Hall–Kier alpha value is -3.62. The fourth-order valence-corrected chi connectivity index (χ4v) is 5.06. The number of benzene rings is 5. The van der Waals surface area contributed by atoms with Gasteiger partial charge in [-0.15, -0.1) is 0 Å². The number of halogens is 1. The first-order valence-electron chi connectivity index (χ1n) is 10.7. The molecule has 0 aliphatic carbocycles. The summed E-state index contributed by atoms with van der Waals surface area (Å²) in [5.74, 6) is 0. The maximum atomic E-state index is 3.72. The molecule has 32 heavy (non-hydrogen) atoms. The first-order valence-corrected chi connectivity index (χ1v) is 11.5. The van der Waals surface area contributed by atoms with E-state index in [1.807, 2.05) is 0 Å². The largest absolute Gasteiger partial charge is 0.309 e. The minimum Gasteiger partial charge on any atom is -0.309 e. The van der Waals surface area contributed by atoms with Crippen LogP contribution in [0.4, 0.5) is 0 Å². The second-order valence-corrected chi connectivity index (χ2v) is 8.83. The predicted octanol–water partition coefficient (Wildman–Crippen LogP) is 8.88. The smallest absolute Gasteiger partial charge is 0.0547 e. The van der Waals surface area contributed by atoms with Gasteiger partial charge in [-0.2, -0.15) is 0 Å². The summed E-state index contributed by atoms with van der Waals surface area (Å²) in [5.41, 5.74) is 8.47. The summed E-state index contributed by atoms with van der Waals surface area (Å²) in [5, 5.41) is 2.54. The van der Waals surface area contributed by atoms with E-state index in [-0.39, 0.29) is 0 Å². The van der Waals surface area contributed by atoms with E-state index >= 15 is 0 Å². The standard InChI is InChI=1S/C30H20BrN/c31-28-12-6-4-10-25(28)23-16-19-27-26-11-5-7-13-29(26)32(30(27)20-23)24-17-14-22(15-18-24)21-8-2-1-3-9-21/h1-20H. The molecule has 0 saturated carbocycles. The van der Waals surface area contributed by atoms with Gasteiger partial charge >= 0.3 is 0 Å². The molecule has 2 heteroatoms. The minimum absolute atomic E-state index is 1.11. The summed E-state index contributed by atoms with van der Waals surface area (Å²) in [6.45, 7) is 0. The molecule has 0 aliphatic rings. The zero-order valence-electron chi connectivity index (χ0n) is 17.4. The average molecular weight is 474 g/mol. The third kappa shape index (κ3) is 3.16. The maximum Gasteiger partial charge on any atom is 0.0547 e. The Bertz CT molecular complexity index is 1560. The van der Waals surface area contributed by atoms with Crippen molar-refractivity contribution < 1.29 is 0 Å². The first-order chi connectivity index (χ1) is 15.8. The summed E-state index contributed by atoms with van der Waals surface area (Å²) in [6.07, 6.45) is 0. The van der Waals surface area contributed by atoms with E-state index in [4.69, 9.17) is 0 Å². The molecule has 0 spiro atoms. The molecule has 6 aromatic rings. The van der Waals surface area contributed by atoms with E-state index in [2.05, 4.69) is 142 Å². The SMILES string of the molecule is Brc1ccccc1-c1ccc2c3ccccc3n(-c3ccc(-c4ccccc4)cc3)c2c1. The molecule has 0 bridgehead atoms. The molecule has 0 fully saturated rings. The topological polar surface area (TPSA) is 4.93 Å². The Labute approximate surface area is 195 Å². The van der Waals surface area contributed by atoms with E-state index in [0.29, 0.717) is 0 Å². The van der Waals surface area contributed by atoms with Crippen molar-refractivity contribution in [2.75, 3.05) is 0 Å². The third-order valence-electron chi connectivity index (χ3n) is 6.09. The Balaban J connectivity index is 1.58. The summed E-state index contributed by atoms with van der Waals surface area (Å²) in [7, 11) is 0. The van der Waals surface area contributed by atoms with E-state index in [1.165, 1.54) is 49.7 Å². The second kappa shape index (κ2) is 7.81.